The Morgan fingerprint density at radius 2 is 2.27 bits per heavy atom. The molecule has 0 amide bonds. The van der Waals surface area contributed by atoms with E-state index in [-0.39, 0.29) is 11.7 Å². The van der Waals surface area contributed by atoms with Crippen LogP contribution in [0.15, 0.2) is 0 Å². The Bertz CT molecular complexity index is 182. The molecule has 15 heavy (non-hydrogen) atoms. The average molecular weight is 215 g/mol. The van der Waals surface area contributed by atoms with E-state index >= 15 is 0 Å². The summed E-state index contributed by atoms with van der Waals surface area (Å²) >= 11 is 0. The lowest BCUT2D eigenvalue weighted by Gasteiger charge is -2.36. The third-order valence-corrected chi connectivity index (χ3v) is 2.81. The quantitative estimate of drug-likeness (QED) is 0.759. The van der Waals surface area contributed by atoms with E-state index in [0.29, 0.717) is 12.5 Å². The molecule has 0 aliphatic carbocycles. The topological polar surface area (TPSA) is 30.5 Å². The van der Waals surface area contributed by atoms with Crippen molar-refractivity contribution < 1.29 is 9.47 Å². The molecule has 1 aliphatic rings. The third-order valence-electron chi connectivity index (χ3n) is 2.81. The van der Waals surface area contributed by atoms with E-state index in [1.54, 1.807) is 0 Å². The van der Waals surface area contributed by atoms with Crippen molar-refractivity contribution in [2.24, 2.45) is 5.92 Å². The Labute approximate surface area is 93.5 Å². The fraction of sp³-hybridized carbons (Fsp3) is 1.00. The summed E-state index contributed by atoms with van der Waals surface area (Å²) in [6.45, 7) is 12.0. The van der Waals surface area contributed by atoms with Gasteiger partial charge in [-0.25, -0.2) is 0 Å². The molecular weight excluding hydrogens is 190 g/mol. The first-order chi connectivity index (χ1) is 7.03. The Morgan fingerprint density at radius 1 is 1.53 bits per heavy atom. The second kappa shape index (κ2) is 5.83. The number of hydrogen-bond donors (Lipinski definition) is 1. The summed E-state index contributed by atoms with van der Waals surface area (Å²) in [4.78, 5) is 0. The molecule has 90 valence electrons. The van der Waals surface area contributed by atoms with Crippen LogP contribution in [0.25, 0.3) is 0 Å². The van der Waals surface area contributed by atoms with Crippen LogP contribution in [0.5, 0.6) is 0 Å². The van der Waals surface area contributed by atoms with Gasteiger partial charge in [0.25, 0.3) is 0 Å². The van der Waals surface area contributed by atoms with Gasteiger partial charge in [0.2, 0.25) is 0 Å². The minimum Gasteiger partial charge on any atom is -0.378 e. The van der Waals surface area contributed by atoms with E-state index in [0.717, 1.165) is 19.7 Å². The molecule has 1 fully saturated rings. The molecule has 0 spiro atoms. The number of hydrogen-bond acceptors (Lipinski definition) is 3. The van der Waals surface area contributed by atoms with Crippen LogP contribution in [-0.2, 0) is 9.47 Å². The number of ether oxygens (including phenoxy) is 2. The molecule has 1 saturated heterocycles. The van der Waals surface area contributed by atoms with Crippen molar-refractivity contribution >= 4 is 0 Å². The van der Waals surface area contributed by atoms with Gasteiger partial charge in [-0.15, -0.1) is 0 Å². The lowest BCUT2D eigenvalue weighted by Crippen LogP contribution is -2.51. The lowest BCUT2D eigenvalue weighted by atomic mass is 10.1. The van der Waals surface area contributed by atoms with Gasteiger partial charge in [-0.2, -0.15) is 0 Å². The van der Waals surface area contributed by atoms with E-state index in [1.165, 1.54) is 6.42 Å². The lowest BCUT2D eigenvalue weighted by molar-refractivity contribution is -0.122. The fourth-order valence-corrected chi connectivity index (χ4v) is 1.68. The zero-order valence-electron chi connectivity index (χ0n) is 10.5. The van der Waals surface area contributed by atoms with Crippen molar-refractivity contribution in [3.8, 4) is 0 Å². The fourth-order valence-electron chi connectivity index (χ4n) is 1.68. The van der Waals surface area contributed by atoms with Crippen LogP contribution in [-0.4, -0.2) is 38.0 Å². The summed E-state index contributed by atoms with van der Waals surface area (Å²) in [6.07, 6.45) is 1.38. The average Bonchev–Trinajstić information content (AvgIpc) is 2.16. The van der Waals surface area contributed by atoms with E-state index in [4.69, 9.17) is 9.47 Å². The number of morpholine rings is 1. The standard InChI is InChI=1S/C12H25NO2/c1-5-10(2)7-14-8-11-6-13-9-12(3,4)15-11/h10-11,13H,5-9H2,1-4H3. The van der Waals surface area contributed by atoms with Crippen molar-refractivity contribution in [2.75, 3.05) is 26.3 Å². The van der Waals surface area contributed by atoms with Crippen molar-refractivity contribution in [3.63, 3.8) is 0 Å². The summed E-state index contributed by atoms with van der Waals surface area (Å²) in [5.41, 5.74) is -0.0529. The van der Waals surface area contributed by atoms with E-state index < -0.39 is 0 Å². The maximum atomic E-state index is 5.90. The van der Waals surface area contributed by atoms with Crippen LogP contribution in [0.2, 0.25) is 0 Å². The molecule has 0 aromatic carbocycles. The van der Waals surface area contributed by atoms with Gasteiger partial charge in [-0.1, -0.05) is 20.3 Å². The molecule has 1 N–H and O–H groups in total. The third kappa shape index (κ3) is 4.96. The Balaban J connectivity index is 2.16. The molecule has 3 heteroatoms. The summed E-state index contributed by atoms with van der Waals surface area (Å²) < 4.78 is 11.6. The smallest absolute Gasteiger partial charge is 0.0940 e. The summed E-state index contributed by atoms with van der Waals surface area (Å²) in [7, 11) is 0. The first kappa shape index (κ1) is 12.9. The molecule has 0 radical (unpaired) electrons. The van der Waals surface area contributed by atoms with Crippen LogP contribution in [0, 0.1) is 5.92 Å². The van der Waals surface area contributed by atoms with E-state index in [1.807, 2.05) is 0 Å². The molecule has 2 atom stereocenters. The van der Waals surface area contributed by atoms with Gasteiger partial charge in [0, 0.05) is 19.7 Å². The van der Waals surface area contributed by atoms with Gasteiger partial charge in [-0.3, -0.25) is 0 Å². The highest BCUT2D eigenvalue weighted by Crippen LogP contribution is 2.15. The maximum absolute atomic E-state index is 5.90. The van der Waals surface area contributed by atoms with Crippen molar-refractivity contribution in [3.05, 3.63) is 0 Å². The van der Waals surface area contributed by atoms with Crippen molar-refractivity contribution in [1.29, 1.82) is 0 Å². The molecule has 1 aliphatic heterocycles. The minimum atomic E-state index is -0.0529. The highest BCUT2D eigenvalue weighted by atomic mass is 16.5. The monoisotopic (exact) mass is 215 g/mol. The van der Waals surface area contributed by atoms with Crippen LogP contribution in [0.4, 0.5) is 0 Å². The van der Waals surface area contributed by atoms with Crippen LogP contribution in [0.1, 0.15) is 34.1 Å². The second-order valence-corrected chi connectivity index (χ2v) is 5.18. The van der Waals surface area contributed by atoms with Crippen LogP contribution >= 0.6 is 0 Å². The molecule has 2 unspecified atom stereocenters. The van der Waals surface area contributed by atoms with Gasteiger partial charge in [0.05, 0.1) is 18.3 Å². The maximum Gasteiger partial charge on any atom is 0.0940 e. The zero-order chi connectivity index (χ0) is 11.3. The van der Waals surface area contributed by atoms with Crippen molar-refractivity contribution in [1.82, 2.24) is 5.32 Å². The highest BCUT2D eigenvalue weighted by Gasteiger charge is 2.28. The zero-order valence-corrected chi connectivity index (χ0v) is 10.5. The Kier molecular flexibility index (Phi) is 5.03. The van der Waals surface area contributed by atoms with E-state index in [2.05, 4.69) is 33.0 Å². The normalized spacial score (nSPS) is 27.6. The van der Waals surface area contributed by atoms with Crippen LogP contribution < -0.4 is 5.32 Å². The van der Waals surface area contributed by atoms with E-state index in [9.17, 15) is 0 Å². The van der Waals surface area contributed by atoms with Gasteiger partial charge < -0.3 is 14.8 Å². The summed E-state index contributed by atoms with van der Waals surface area (Å²) in [5, 5.41) is 3.37. The number of rotatable bonds is 5. The van der Waals surface area contributed by atoms with Gasteiger partial charge >= 0.3 is 0 Å². The van der Waals surface area contributed by atoms with Crippen molar-refractivity contribution in [2.45, 2.75) is 45.8 Å². The number of nitrogens with one attached hydrogen (secondary N) is 1. The molecule has 0 aromatic rings. The minimum absolute atomic E-state index is 0.0529. The first-order valence-electron chi connectivity index (χ1n) is 6.00. The summed E-state index contributed by atoms with van der Waals surface area (Å²) in [5.74, 6) is 0.648. The molecule has 3 nitrogen and oxygen atoms in total. The second-order valence-electron chi connectivity index (χ2n) is 5.18. The van der Waals surface area contributed by atoms with Gasteiger partial charge in [-0.05, 0) is 19.8 Å². The first-order valence-corrected chi connectivity index (χ1v) is 6.00. The molecule has 0 bridgehead atoms. The highest BCUT2D eigenvalue weighted by molar-refractivity contribution is 4.81. The molecule has 0 saturated carbocycles. The largest absolute Gasteiger partial charge is 0.378 e. The predicted molar refractivity (Wildman–Crippen MR) is 62.1 cm³/mol. The summed E-state index contributed by atoms with van der Waals surface area (Å²) in [6, 6.07) is 0. The Morgan fingerprint density at radius 3 is 2.87 bits per heavy atom. The predicted octanol–water partition coefficient (Wildman–Crippen LogP) is 1.82. The molecule has 0 aromatic heterocycles. The van der Waals surface area contributed by atoms with Gasteiger partial charge in [0.15, 0.2) is 0 Å². The molecule has 1 heterocycles. The van der Waals surface area contributed by atoms with Gasteiger partial charge in [0.1, 0.15) is 0 Å². The SMILES string of the molecule is CCC(C)COCC1CNCC(C)(C)O1. The van der Waals surface area contributed by atoms with Crippen LogP contribution in [0.3, 0.4) is 0 Å². The molecule has 1 rings (SSSR count). The molecular formula is C12H25NO2. The Hall–Kier alpha value is -0.120.